The fourth-order valence-corrected chi connectivity index (χ4v) is 3.21. The number of piperidine rings is 1. The summed E-state index contributed by atoms with van der Waals surface area (Å²) in [6.07, 6.45) is 3.59. The van der Waals surface area contributed by atoms with Crippen molar-refractivity contribution in [3.8, 4) is 0 Å². The van der Waals surface area contributed by atoms with Gasteiger partial charge in [-0.3, -0.25) is 0 Å². The van der Waals surface area contributed by atoms with Crippen molar-refractivity contribution < 1.29 is 0 Å². The normalized spacial score (nSPS) is 16.2. The first kappa shape index (κ1) is 14.3. The Morgan fingerprint density at radius 2 is 1.86 bits per heavy atom. The number of hydrogen-bond donors (Lipinski definition) is 0. The Morgan fingerprint density at radius 3 is 2.52 bits per heavy atom. The van der Waals surface area contributed by atoms with Gasteiger partial charge in [-0.25, -0.2) is 9.97 Å². The Balaban J connectivity index is 1.60. The van der Waals surface area contributed by atoms with Gasteiger partial charge in [-0.05, 0) is 49.3 Å². The second-order valence-electron chi connectivity index (χ2n) is 5.76. The summed E-state index contributed by atoms with van der Waals surface area (Å²) in [5.41, 5.74) is 2.37. The zero-order valence-corrected chi connectivity index (χ0v) is 13.1. The molecule has 0 N–H and O–H groups in total. The zero-order valence-electron chi connectivity index (χ0n) is 12.3. The van der Waals surface area contributed by atoms with Crippen molar-refractivity contribution >= 4 is 17.4 Å². The molecule has 1 aromatic heterocycles. The van der Waals surface area contributed by atoms with Gasteiger partial charge in [0.25, 0.3) is 0 Å². The summed E-state index contributed by atoms with van der Waals surface area (Å²) < 4.78 is 0. The lowest BCUT2D eigenvalue weighted by atomic mass is 9.90. The smallest absolute Gasteiger partial charge is 0.224 e. The van der Waals surface area contributed by atoms with Gasteiger partial charge in [0, 0.05) is 24.8 Å². The second-order valence-corrected chi connectivity index (χ2v) is 6.09. The third kappa shape index (κ3) is 3.73. The number of rotatable bonds is 3. The van der Waals surface area contributed by atoms with E-state index >= 15 is 0 Å². The van der Waals surface area contributed by atoms with E-state index in [-0.39, 0.29) is 0 Å². The number of aromatic nitrogens is 2. The molecule has 1 saturated heterocycles. The van der Waals surface area contributed by atoms with Crippen molar-refractivity contribution in [3.63, 3.8) is 0 Å². The molecule has 0 bridgehead atoms. The molecule has 0 unspecified atom stereocenters. The minimum absolute atomic E-state index is 0.344. The van der Waals surface area contributed by atoms with Crippen LogP contribution in [0.25, 0.3) is 0 Å². The molecule has 0 aliphatic carbocycles. The first-order valence-electron chi connectivity index (χ1n) is 7.51. The Labute approximate surface area is 131 Å². The number of hydrogen-bond acceptors (Lipinski definition) is 3. The molecule has 4 heteroatoms. The summed E-state index contributed by atoms with van der Waals surface area (Å²) in [6, 6.07) is 12.8. The van der Waals surface area contributed by atoms with Gasteiger partial charge in [0.05, 0.1) is 0 Å². The molecule has 110 valence electrons. The summed E-state index contributed by atoms with van der Waals surface area (Å²) in [6.45, 7) is 4.05. The fraction of sp³-hybridized carbons (Fsp3) is 0.412. The van der Waals surface area contributed by atoms with Gasteiger partial charge in [-0.1, -0.05) is 30.3 Å². The molecule has 2 aromatic rings. The van der Waals surface area contributed by atoms with Gasteiger partial charge in [0.1, 0.15) is 5.82 Å². The van der Waals surface area contributed by atoms with Gasteiger partial charge in [-0.15, -0.1) is 0 Å². The quantitative estimate of drug-likeness (QED) is 0.805. The first-order chi connectivity index (χ1) is 10.2. The van der Waals surface area contributed by atoms with Crippen LogP contribution >= 0.6 is 11.6 Å². The van der Waals surface area contributed by atoms with E-state index in [0.29, 0.717) is 5.28 Å². The molecule has 1 aromatic carbocycles. The van der Waals surface area contributed by atoms with E-state index in [9.17, 15) is 0 Å². The van der Waals surface area contributed by atoms with Crippen molar-refractivity contribution in [3.05, 3.63) is 52.9 Å². The van der Waals surface area contributed by atoms with Crippen LogP contribution in [-0.4, -0.2) is 23.1 Å². The van der Waals surface area contributed by atoms with Crippen molar-refractivity contribution in [2.45, 2.75) is 26.2 Å². The number of aryl methyl sites for hydroxylation is 1. The predicted octanol–water partition coefficient (Wildman–Crippen LogP) is 3.90. The van der Waals surface area contributed by atoms with Crippen molar-refractivity contribution in [2.75, 3.05) is 18.0 Å². The summed E-state index contributed by atoms with van der Waals surface area (Å²) in [7, 11) is 0. The second kappa shape index (κ2) is 6.44. The third-order valence-corrected chi connectivity index (χ3v) is 4.29. The van der Waals surface area contributed by atoms with Crippen LogP contribution in [-0.2, 0) is 6.42 Å². The summed E-state index contributed by atoms with van der Waals surface area (Å²) in [5.74, 6) is 1.73. The Morgan fingerprint density at radius 1 is 1.14 bits per heavy atom. The van der Waals surface area contributed by atoms with E-state index in [1.807, 2.05) is 13.0 Å². The van der Waals surface area contributed by atoms with Crippen molar-refractivity contribution in [2.24, 2.45) is 5.92 Å². The minimum atomic E-state index is 0.344. The Hall–Kier alpha value is -1.61. The van der Waals surface area contributed by atoms with E-state index in [4.69, 9.17) is 11.6 Å². The van der Waals surface area contributed by atoms with Crippen LogP contribution in [0.3, 0.4) is 0 Å². The molecule has 1 fully saturated rings. The largest absolute Gasteiger partial charge is 0.356 e. The summed E-state index contributed by atoms with van der Waals surface area (Å²) >= 11 is 5.96. The zero-order chi connectivity index (χ0) is 14.7. The van der Waals surface area contributed by atoms with E-state index in [1.165, 1.54) is 24.8 Å². The van der Waals surface area contributed by atoms with Gasteiger partial charge in [0.15, 0.2) is 0 Å². The highest BCUT2D eigenvalue weighted by Crippen LogP contribution is 2.25. The maximum absolute atomic E-state index is 5.96. The molecule has 1 aliphatic rings. The fourth-order valence-electron chi connectivity index (χ4n) is 2.99. The minimum Gasteiger partial charge on any atom is -0.356 e. The van der Waals surface area contributed by atoms with Crippen LogP contribution in [0, 0.1) is 12.8 Å². The molecule has 0 spiro atoms. The molecule has 0 saturated carbocycles. The maximum Gasteiger partial charge on any atom is 0.224 e. The SMILES string of the molecule is Cc1cc(N2CCC(Cc3ccccc3)CC2)nc(Cl)n1. The van der Waals surface area contributed by atoms with Gasteiger partial charge in [0.2, 0.25) is 5.28 Å². The lowest BCUT2D eigenvalue weighted by molar-refractivity contribution is 0.402. The van der Waals surface area contributed by atoms with Crippen LogP contribution in [0.2, 0.25) is 5.28 Å². The molecular formula is C17H20ClN3. The molecule has 0 atom stereocenters. The molecule has 0 radical (unpaired) electrons. The van der Waals surface area contributed by atoms with Crippen LogP contribution in [0.15, 0.2) is 36.4 Å². The first-order valence-corrected chi connectivity index (χ1v) is 7.88. The molecule has 2 heterocycles. The molecular weight excluding hydrogens is 282 g/mol. The van der Waals surface area contributed by atoms with Gasteiger partial charge >= 0.3 is 0 Å². The lowest BCUT2D eigenvalue weighted by Gasteiger charge is -2.33. The number of halogens is 1. The summed E-state index contributed by atoms with van der Waals surface area (Å²) in [4.78, 5) is 10.8. The number of nitrogens with zero attached hydrogens (tertiary/aromatic N) is 3. The number of anilines is 1. The van der Waals surface area contributed by atoms with Gasteiger partial charge in [-0.2, -0.15) is 0 Å². The molecule has 21 heavy (non-hydrogen) atoms. The lowest BCUT2D eigenvalue weighted by Crippen LogP contribution is -2.35. The highest BCUT2D eigenvalue weighted by atomic mass is 35.5. The van der Waals surface area contributed by atoms with Crippen LogP contribution in [0.4, 0.5) is 5.82 Å². The van der Waals surface area contributed by atoms with E-state index in [2.05, 4.69) is 45.2 Å². The molecule has 1 aliphatic heterocycles. The Bertz CT molecular complexity index is 572. The maximum atomic E-state index is 5.96. The molecule has 0 amide bonds. The standard InChI is InChI=1S/C17H20ClN3/c1-13-11-16(20-17(18)19-13)21-9-7-15(8-10-21)12-14-5-3-2-4-6-14/h2-6,11,15H,7-10,12H2,1H3. The Kier molecular flexibility index (Phi) is 4.39. The molecule has 3 rings (SSSR count). The monoisotopic (exact) mass is 301 g/mol. The van der Waals surface area contributed by atoms with Crippen molar-refractivity contribution in [1.82, 2.24) is 9.97 Å². The average molecular weight is 302 g/mol. The average Bonchev–Trinajstić information content (AvgIpc) is 2.48. The predicted molar refractivity (Wildman–Crippen MR) is 86.9 cm³/mol. The highest BCUT2D eigenvalue weighted by molar-refractivity contribution is 6.28. The van der Waals surface area contributed by atoms with E-state index in [0.717, 1.165) is 30.5 Å². The van der Waals surface area contributed by atoms with Gasteiger partial charge < -0.3 is 4.90 Å². The van der Waals surface area contributed by atoms with Crippen LogP contribution < -0.4 is 4.90 Å². The molecule has 3 nitrogen and oxygen atoms in total. The van der Waals surface area contributed by atoms with Crippen molar-refractivity contribution in [1.29, 1.82) is 0 Å². The highest BCUT2D eigenvalue weighted by Gasteiger charge is 2.20. The number of benzene rings is 1. The van der Waals surface area contributed by atoms with Crippen LogP contribution in [0.5, 0.6) is 0 Å². The third-order valence-electron chi connectivity index (χ3n) is 4.12. The summed E-state index contributed by atoms with van der Waals surface area (Å²) in [5, 5.41) is 0.344. The topological polar surface area (TPSA) is 29.0 Å². The van der Waals surface area contributed by atoms with Crippen LogP contribution in [0.1, 0.15) is 24.1 Å². The van der Waals surface area contributed by atoms with E-state index in [1.54, 1.807) is 0 Å². The van der Waals surface area contributed by atoms with E-state index < -0.39 is 0 Å².